The van der Waals surface area contributed by atoms with Gasteiger partial charge in [-0.3, -0.25) is 10.5 Å². The number of aliphatic hydroxyl groups is 1. The SMILES string of the molecule is CC(C)c1cc(CC(N)C(=O)O)cc(C(C)C)c1OC1C=CC(N)(O)C=C1. The Balaban J connectivity index is 2.43. The molecule has 1 aromatic carbocycles. The molecule has 6 heteroatoms. The summed E-state index contributed by atoms with van der Waals surface area (Å²) < 4.78 is 6.25. The van der Waals surface area contributed by atoms with E-state index in [4.69, 9.17) is 21.3 Å². The average Bonchev–Trinajstić information content (AvgIpc) is 2.56. The van der Waals surface area contributed by atoms with Crippen molar-refractivity contribution in [3.05, 3.63) is 53.1 Å². The van der Waals surface area contributed by atoms with Gasteiger partial charge in [0.1, 0.15) is 17.9 Å². The summed E-state index contributed by atoms with van der Waals surface area (Å²) in [7, 11) is 0. The van der Waals surface area contributed by atoms with Crippen molar-refractivity contribution in [2.75, 3.05) is 0 Å². The van der Waals surface area contributed by atoms with E-state index in [-0.39, 0.29) is 24.4 Å². The van der Waals surface area contributed by atoms with E-state index in [1.54, 1.807) is 12.2 Å². The molecule has 0 aromatic heterocycles. The Kier molecular flexibility index (Phi) is 6.46. The zero-order chi connectivity index (χ0) is 20.4. The van der Waals surface area contributed by atoms with E-state index >= 15 is 0 Å². The van der Waals surface area contributed by atoms with Crippen molar-refractivity contribution in [3.8, 4) is 5.75 Å². The molecule has 1 atom stereocenters. The van der Waals surface area contributed by atoms with Gasteiger partial charge in [0, 0.05) is 0 Å². The van der Waals surface area contributed by atoms with Crippen LogP contribution in [0.2, 0.25) is 0 Å². The van der Waals surface area contributed by atoms with Crippen molar-refractivity contribution in [1.29, 1.82) is 0 Å². The second kappa shape index (κ2) is 8.25. The van der Waals surface area contributed by atoms with Gasteiger partial charge in [0.15, 0.2) is 5.72 Å². The topological polar surface area (TPSA) is 119 Å². The van der Waals surface area contributed by atoms with Crippen molar-refractivity contribution >= 4 is 5.97 Å². The molecule has 0 amide bonds. The van der Waals surface area contributed by atoms with E-state index in [1.807, 2.05) is 12.1 Å². The van der Waals surface area contributed by atoms with Gasteiger partial charge in [-0.2, -0.15) is 0 Å². The molecule has 0 heterocycles. The second-order valence-electron chi connectivity index (χ2n) is 7.75. The van der Waals surface area contributed by atoms with Gasteiger partial charge in [-0.1, -0.05) is 39.8 Å². The molecule has 0 spiro atoms. The molecule has 0 aliphatic heterocycles. The summed E-state index contributed by atoms with van der Waals surface area (Å²) in [5.41, 5.74) is 12.8. The molecule has 1 aliphatic rings. The Morgan fingerprint density at radius 1 is 1.15 bits per heavy atom. The van der Waals surface area contributed by atoms with E-state index in [9.17, 15) is 9.90 Å². The van der Waals surface area contributed by atoms with Crippen LogP contribution >= 0.6 is 0 Å². The monoisotopic (exact) mass is 374 g/mol. The Morgan fingerprint density at radius 2 is 1.63 bits per heavy atom. The molecule has 1 aliphatic carbocycles. The van der Waals surface area contributed by atoms with Crippen LogP contribution in [0, 0.1) is 0 Å². The minimum Gasteiger partial charge on any atom is -0.482 e. The number of rotatable bonds is 7. The minimum atomic E-state index is -1.45. The summed E-state index contributed by atoms with van der Waals surface area (Å²) in [5.74, 6) is 0.136. The number of hydrogen-bond acceptors (Lipinski definition) is 5. The fourth-order valence-electron chi connectivity index (χ4n) is 3.02. The maximum atomic E-state index is 11.1. The number of ether oxygens (including phenoxy) is 1. The molecule has 2 rings (SSSR count). The third-order valence-electron chi connectivity index (χ3n) is 4.58. The van der Waals surface area contributed by atoms with E-state index in [2.05, 4.69) is 27.7 Å². The zero-order valence-electron chi connectivity index (χ0n) is 16.3. The van der Waals surface area contributed by atoms with Crippen LogP contribution in [0.4, 0.5) is 0 Å². The Morgan fingerprint density at radius 3 is 2.04 bits per heavy atom. The summed E-state index contributed by atoms with van der Waals surface area (Å²) in [5, 5.41) is 18.9. The lowest BCUT2D eigenvalue weighted by Gasteiger charge is -2.27. The number of benzene rings is 1. The lowest BCUT2D eigenvalue weighted by atomic mass is 9.89. The maximum absolute atomic E-state index is 11.1. The van der Waals surface area contributed by atoms with Crippen LogP contribution in [0.1, 0.15) is 56.2 Å². The molecule has 6 nitrogen and oxygen atoms in total. The van der Waals surface area contributed by atoms with Crippen molar-refractivity contribution in [3.63, 3.8) is 0 Å². The Hall–Kier alpha value is -2.15. The van der Waals surface area contributed by atoms with Crippen molar-refractivity contribution in [2.24, 2.45) is 11.5 Å². The third-order valence-corrected chi connectivity index (χ3v) is 4.58. The van der Waals surface area contributed by atoms with Crippen molar-refractivity contribution < 1.29 is 19.7 Å². The predicted molar refractivity (Wildman–Crippen MR) is 106 cm³/mol. The lowest BCUT2D eigenvalue weighted by Crippen LogP contribution is -2.37. The van der Waals surface area contributed by atoms with E-state index in [0.29, 0.717) is 0 Å². The zero-order valence-corrected chi connectivity index (χ0v) is 16.3. The third kappa shape index (κ3) is 5.42. The largest absolute Gasteiger partial charge is 0.482 e. The molecular weight excluding hydrogens is 344 g/mol. The smallest absolute Gasteiger partial charge is 0.320 e. The number of aliphatic carboxylic acids is 1. The van der Waals surface area contributed by atoms with Gasteiger partial charge >= 0.3 is 5.97 Å². The highest BCUT2D eigenvalue weighted by atomic mass is 16.5. The quantitative estimate of drug-likeness (QED) is 0.430. The fourth-order valence-corrected chi connectivity index (χ4v) is 3.02. The fraction of sp³-hybridized carbons (Fsp3) is 0.476. The highest BCUT2D eigenvalue weighted by molar-refractivity contribution is 5.73. The van der Waals surface area contributed by atoms with E-state index in [1.165, 1.54) is 12.2 Å². The van der Waals surface area contributed by atoms with Gasteiger partial charge in [-0.05, 0) is 59.3 Å². The molecule has 0 radical (unpaired) electrons. The molecule has 0 fully saturated rings. The van der Waals surface area contributed by atoms with E-state index < -0.39 is 17.7 Å². The summed E-state index contributed by atoms with van der Waals surface area (Å²) in [6.07, 6.45) is 6.38. The summed E-state index contributed by atoms with van der Waals surface area (Å²) in [6, 6.07) is 3.01. The molecule has 0 saturated heterocycles. The number of nitrogens with two attached hydrogens (primary N) is 2. The number of carboxylic acid groups (broad SMARTS) is 1. The minimum absolute atomic E-state index is 0.182. The highest BCUT2D eigenvalue weighted by Crippen LogP contribution is 2.37. The summed E-state index contributed by atoms with van der Waals surface area (Å²) in [6.45, 7) is 8.27. The number of carbonyl (C=O) groups is 1. The van der Waals surface area contributed by atoms with Crippen LogP contribution in [0.3, 0.4) is 0 Å². The van der Waals surface area contributed by atoms with Crippen molar-refractivity contribution in [1.82, 2.24) is 0 Å². The highest BCUT2D eigenvalue weighted by Gasteiger charge is 2.23. The Labute approximate surface area is 160 Å². The average molecular weight is 374 g/mol. The summed E-state index contributed by atoms with van der Waals surface area (Å²) in [4.78, 5) is 11.1. The van der Waals surface area contributed by atoms with Crippen LogP contribution in [-0.2, 0) is 11.2 Å². The first-order chi connectivity index (χ1) is 12.5. The van der Waals surface area contributed by atoms with Gasteiger partial charge in [-0.15, -0.1) is 0 Å². The first-order valence-corrected chi connectivity index (χ1v) is 9.22. The predicted octanol–water partition coefficient (Wildman–Crippen LogP) is 2.41. The standard InChI is InChI=1S/C21H30N2O4/c1-12(2)16-9-14(11-18(22)20(24)25)10-17(13(3)4)19(16)27-15-5-7-21(23,26)8-6-15/h5-10,12-13,15,18,26H,11,22-23H2,1-4H3,(H,24,25). The first kappa shape index (κ1) is 21.2. The number of carboxylic acids is 1. The molecule has 1 unspecified atom stereocenters. The second-order valence-corrected chi connectivity index (χ2v) is 7.75. The number of hydrogen-bond donors (Lipinski definition) is 4. The maximum Gasteiger partial charge on any atom is 0.320 e. The van der Waals surface area contributed by atoms with Crippen LogP contribution < -0.4 is 16.2 Å². The molecule has 0 saturated carbocycles. The molecule has 0 bridgehead atoms. The van der Waals surface area contributed by atoms with Crippen LogP contribution in [0.15, 0.2) is 36.4 Å². The van der Waals surface area contributed by atoms with Gasteiger partial charge in [0.05, 0.1) is 0 Å². The summed E-state index contributed by atoms with van der Waals surface area (Å²) >= 11 is 0. The Bertz CT molecular complexity index is 706. The van der Waals surface area contributed by atoms with Gasteiger partial charge in [0.25, 0.3) is 0 Å². The molecule has 6 N–H and O–H groups in total. The van der Waals surface area contributed by atoms with Crippen molar-refractivity contribution in [2.45, 2.75) is 63.8 Å². The van der Waals surface area contributed by atoms with Crippen LogP contribution in [0.5, 0.6) is 5.75 Å². The lowest BCUT2D eigenvalue weighted by molar-refractivity contribution is -0.138. The van der Waals surface area contributed by atoms with Gasteiger partial charge in [0.2, 0.25) is 0 Å². The van der Waals surface area contributed by atoms with Crippen LogP contribution in [0.25, 0.3) is 0 Å². The van der Waals surface area contributed by atoms with Gasteiger partial charge in [-0.25, -0.2) is 0 Å². The van der Waals surface area contributed by atoms with Gasteiger partial charge < -0.3 is 20.7 Å². The molecule has 27 heavy (non-hydrogen) atoms. The molecule has 148 valence electrons. The first-order valence-electron chi connectivity index (χ1n) is 9.22. The van der Waals surface area contributed by atoms with E-state index in [0.717, 1.165) is 22.4 Å². The normalized spacial score (nSPS) is 23.1. The molecular formula is C21H30N2O4. The molecule has 1 aromatic rings. The van der Waals surface area contributed by atoms with Crippen LogP contribution in [-0.4, -0.2) is 34.1 Å².